The maximum atomic E-state index is 14.7. The number of benzene rings is 2. The number of amides is 3. The molecule has 6 atom stereocenters. The van der Waals surface area contributed by atoms with Crippen molar-refractivity contribution in [3.63, 3.8) is 0 Å². The van der Waals surface area contributed by atoms with Crippen molar-refractivity contribution in [2.24, 2.45) is 18.4 Å². The number of rotatable bonds is 7. The highest BCUT2D eigenvalue weighted by Crippen LogP contribution is 2.56. The Balaban J connectivity index is 1.17. The lowest BCUT2D eigenvalue weighted by molar-refractivity contribution is -0.835. The highest BCUT2D eigenvalue weighted by molar-refractivity contribution is 5.97. The number of carbonyl (C=O) groups is 3. The summed E-state index contributed by atoms with van der Waals surface area (Å²) in [4.78, 5) is 83.3. The second-order valence-electron chi connectivity index (χ2n) is 18.5. The number of pyridine rings is 1. The van der Waals surface area contributed by atoms with Gasteiger partial charge in [0, 0.05) is 80.5 Å². The molecule has 2 aromatic carbocycles. The number of likely N-dealkylation sites (tertiary alicyclic amines) is 1. The molecule has 0 saturated carbocycles. The summed E-state index contributed by atoms with van der Waals surface area (Å²) in [5.74, 6) is 3.29. The van der Waals surface area contributed by atoms with Crippen molar-refractivity contribution >= 4 is 28.6 Å². The first-order valence-electron chi connectivity index (χ1n) is 22.2. The fourth-order valence-corrected chi connectivity index (χ4v) is 10.3. The van der Waals surface area contributed by atoms with Gasteiger partial charge >= 0.3 is 6.17 Å². The quantitative estimate of drug-likeness (QED) is 0.144. The number of aromatic nitrogens is 2. The van der Waals surface area contributed by atoms with Gasteiger partial charge in [-0.3, -0.25) is 24.4 Å². The predicted octanol–water partition coefficient (Wildman–Crippen LogP) is 5.20. The number of fused-ring (bicyclic) bond motifs is 8. The van der Waals surface area contributed by atoms with Crippen LogP contribution in [-0.2, 0) is 37.4 Å². The molecular weight excluding hydrogens is 815 g/mol. The number of methoxy groups -OCH3 is 1. The Morgan fingerprint density at radius 2 is 1.89 bits per heavy atom. The number of hydrazine groups is 2. The number of ether oxygens (including phenoxy) is 1. The van der Waals surface area contributed by atoms with Gasteiger partial charge in [0.15, 0.2) is 12.6 Å². The number of nitrogens with one attached hydrogen (secondary N) is 2. The number of nitrogens with zero attached hydrogens (tertiary/aromatic N) is 7. The van der Waals surface area contributed by atoms with Gasteiger partial charge in [0.05, 0.1) is 34.8 Å². The van der Waals surface area contributed by atoms with E-state index >= 15 is 0 Å². The van der Waals surface area contributed by atoms with E-state index in [4.69, 9.17) is 14.6 Å². The molecule has 1 aliphatic carbocycles. The van der Waals surface area contributed by atoms with Gasteiger partial charge in [-0.05, 0) is 71.7 Å². The van der Waals surface area contributed by atoms with Crippen LogP contribution in [0, 0.1) is 33.0 Å². The third-order valence-corrected chi connectivity index (χ3v) is 13.5. The Morgan fingerprint density at radius 1 is 1.11 bits per heavy atom. The fraction of sp³-hybridized carbons (Fsp3) is 0.500. The van der Waals surface area contributed by atoms with Crippen molar-refractivity contribution in [1.82, 2.24) is 35.2 Å². The summed E-state index contributed by atoms with van der Waals surface area (Å²) < 4.78 is 8.53. The van der Waals surface area contributed by atoms with Crippen LogP contribution in [0.25, 0.3) is 33.3 Å². The number of likely N-dealkylation sites (N-methyl/N-ethyl adjacent to an activating group) is 1. The summed E-state index contributed by atoms with van der Waals surface area (Å²) in [6.45, 7) is 10.3. The lowest BCUT2D eigenvalue weighted by atomic mass is 9.67. The summed E-state index contributed by atoms with van der Waals surface area (Å²) in [5, 5.41) is 6.85. The van der Waals surface area contributed by atoms with Crippen LogP contribution in [0.15, 0.2) is 60.8 Å². The Hall–Kier alpha value is -6.18. The molecule has 2 N–H and O–H groups in total. The smallest absolute Gasteiger partial charge is 0.326 e. The first kappa shape index (κ1) is 44.4. The largest absolute Gasteiger partial charge is 0.374 e. The molecule has 0 spiro atoms. The highest BCUT2D eigenvalue weighted by Gasteiger charge is 2.49. The van der Waals surface area contributed by atoms with Crippen LogP contribution >= 0.6 is 0 Å². The van der Waals surface area contributed by atoms with Gasteiger partial charge in [0.1, 0.15) is 17.0 Å². The summed E-state index contributed by atoms with van der Waals surface area (Å²) in [6, 6.07) is 15.8. The standard InChI is InChI=1S/C48H58N9O7/c1-9-13-39(58)54-23-20-33(27-54)56(61)53(7)43(29(2)3)46(59)50-36-25-30-14-10-15-31(24-30)32-18-19-37-35(26-32)40-41(45(63-8)42-34(16-11-21-49-42)44(40)52(37)6)48(4,5)28-64-57(62)38-17-12-22-55(51-38)47(36)60/h10-11,14-16,18-19,21,24,26,29,33,36,38,41,43,45,51H,12,17,20,22-23,25,27-28H2,1-8H3/q+1/p+1/t33-,36-,38+,41?,43-,45-/m0/s1. The first-order chi connectivity index (χ1) is 30.6. The van der Waals surface area contributed by atoms with Gasteiger partial charge in [0.2, 0.25) is 10.8 Å². The van der Waals surface area contributed by atoms with E-state index in [9.17, 15) is 24.2 Å². The zero-order valence-corrected chi connectivity index (χ0v) is 38.0. The molecule has 2 fully saturated rings. The molecule has 4 aromatic rings. The Kier molecular flexibility index (Phi) is 12.3. The fourth-order valence-electron chi connectivity index (χ4n) is 10.3. The lowest BCUT2D eigenvalue weighted by Gasteiger charge is -2.41. The third-order valence-electron chi connectivity index (χ3n) is 13.5. The van der Waals surface area contributed by atoms with Crippen LogP contribution in [0.1, 0.15) is 82.7 Å². The van der Waals surface area contributed by atoms with E-state index < -0.39 is 47.6 Å². The van der Waals surface area contributed by atoms with Gasteiger partial charge in [-0.15, -0.1) is 5.01 Å². The van der Waals surface area contributed by atoms with E-state index in [1.807, 2.05) is 44.2 Å². The second kappa shape index (κ2) is 17.8. The Bertz CT molecular complexity index is 2580. The summed E-state index contributed by atoms with van der Waals surface area (Å²) >= 11 is 0. The number of nitroso groups, excluding NO2 is 1. The molecule has 2 aromatic heterocycles. The average Bonchev–Trinajstić information content (AvgIpc) is 3.90. The van der Waals surface area contributed by atoms with Crippen molar-refractivity contribution in [3.05, 3.63) is 87.4 Å². The molecule has 0 radical (unpaired) electrons. The molecule has 5 heterocycles. The minimum atomic E-state index is -1.07. The minimum absolute atomic E-state index is 0.0361. The number of hydrogen-bond donors (Lipinski definition) is 2. The maximum absolute atomic E-state index is 14.7. The van der Waals surface area contributed by atoms with Crippen LogP contribution in [-0.4, -0.2) is 117 Å². The van der Waals surface area contributed by atoms with E-state index in [0.717, 1.165) is 55.0 Å². The number of aryl methyl sites for hydroxylation is 1. The monoisotopic (exact) mass is 873 g/mol. The third kappa shape index (κ3) is 8.11. The molecular formula is C48H59N9O7+2. The maximum Gasteiger partial charge on any atom is 0.326 e. The average molecular weight is 874 g/mol. The van der Waals surface area contributed by atoms with Gasteiger partial charge in [-0.1, -0.05) is 63.9 Å². The van der Waals surface area contributed by atoms with Crippen LogP contribution in [0.3, 0.4) is 0 Å². The summed E-state index contributed by atoms with van der Waals surface area (Å²) in [6.07, 6.45) is 1.94. The molecule has 6 bridgehead atoms. The molecule has 16 nitrogen and oxygen atoms in total. The van der Waals surface area contributed by atoms with Crippen molar-refractivity contribution < 1.29 is 33.8 Å². The molecule has 2 saturated heterocycles. The number of hydrogen-bond acceptors (Lipinski definition) is 9. The molecule has 64 heavy (non-hydrogen) atoms. The lowest BCUT2D eigenvalue weighted by Crippen LogP contribution is -2.62. The van der Waals surface area contributed by atoms with E-state index in [1.54, 1.807) is 32.2 Å². The van der Waals surface area contributed by atoms with Crippen LogP contribution < -0.4 is 10.7 Å². The highest BCUT2D eigenvalue weighted by atomic mass is 16.8. The minimum Gasteiger partial charge on any atom is -0.374 e. The molecule has 4 aliphatic rings. The molecule has 8 rings (SSSR count). The first-order valence-corrected chi connectivity index (χ1v) is 22.2. The van der Waals surface area contributed by atoms with Gasteiger partial charge in [-0.2, -0.15) is 5.43 Å². The molecule has 16 heteroatoms. The second-order valence-corrected chi connectivity index (χ2v) is 18.5. The Morgan fingerprint density at radius 3 is 2.64 bits per heavy atom. The van der Waals surface area contributed by atoms with Gasteiger partial charge in [0.25, 0.3) is 17.9 Å². The van der Waals surface area contributed by atoms with E-state index in [0.29, 0.717) is 37.3 Å². The van der Waals surface area contributed by atoms with Crippen molar-refractivity contribution in [3.8, 4) is 34.2 Å². The SMILES string of the molecule is CC#CC(=O)N1CC[C@H]([N+](=O)N(C)[C@H](C(=O)N[C@H]2Cc3cccc(c3)-c3ccc4c(c3)c3c(n4C)-c4cccnc4[C@@H](OC)C3C(C)(C)CO[N+](=O)[C@@H]3CCCN(N3)C2=O)C(C)C)C1. The summed E-state index contributed by atoms with van der Waals surface area (Å²) in [5.41, 5.74) is 10.1. The van der Waals surface area contributed by atoms with Crippen molar-refractivity contribution in [2.45, 2.75) is 96.6 Å². The summed E-state index contributed by atoms with van der Waals surface area (Å²) in [7, 11) is 5.33. The molecule has 1 unspecified atom stereocenters. The van der Waals surface area contributed by atoms with E-state index in [1.165, 1.54) is 10.0 Å². The van der Waals surface area contributed by atoms with Gasteiger partial charge < -0.3 is 19.5 Å². The zero-order chi connectivity index (χ0) is 45.6. The van der Waals surface area contributed by atoms with Crippen molar-refractivity contribution in [2.75, 3.05) is 40.4 Å². The normalized spacial score (nSPS) is 23.4. The Labute approximate surface area is 373 Å². The van der Waals surface area contributed by atoms with Crippen LogP contribution in [0.5, 0.6) is 0 Å². The number of carbonyl (C=O) groups excluding carboxylic acids is 3. The van der Waals surface area contributed by atoms with Gasteiger partial charge in [-0.25, -0.2) is 4.84 Å². The van der Waals surface area contributed by atoms with Crippen LogP contribution in [0.2, 0.25) is 0 Å². The van der Waals surface area contributed by atoms with Crippen LogP contribution in [0.4, 0.5) is 0 Å². The molecule has 3 amide bonds. The molecule has 336 valence electrons. The van der Waals surface area contributed by atoms with Crippen molar-refractivity contribution in [1.29, 1.82) is 0 Å². The van der Waals surface area contributed by atoms with E-state index in [2.05, 4.69) is 72.3 Å². The van der Waals surface area contributed by atoms with E-state index in [-0.39, 0.29) is 37.3 Å². The predicted molar refractivity (Wildman–Crippen MR) is 239 cm³/mol. The molecule has 3 aliphatic heterocycles. The zero-order valence-electron chi connectivity index (χ0n) is 38.0. The topological polar surface area (TPSA) is 161 Å².